The van der Waals surface area contributed by atoms with Crippen molar-refractivity contribution in [3.05, 3.63) is 26.8 Å². The Labute approximate surface area is 128 Å². The fraction of sp³-hybridized carbons (Fsp3) is 0.0833. The zero-order valence-corrected chi connectivity index (χ0v) is 12.5. The van der Waals surface area contributed by atoms with E-state index in [0.29, 0.717) is 9.13 Å². The fourth-order valence-electron chi connectivity index (χ4n) is 1.33. The van der Waals surface area contributed by atoms with Crippen LogP contribution in [0.15, 0.2) is 17.7 Å². The van der Waals surface area contributed by atoms with Crippen molar-refractivity contribution in [1.82, 2.24) is 5.32 Å². The lowest BCUT2D eigenvalue weighted by atomic mass is 10.1. The van der Waals surface area contributed by atoms with E-state index in [2.05, 4.69) is 0 Å². The number of primary amides is 1. The Kier molecular flexibility index (Phi) is 5.33. The molecule has 1 aromatic rings. The number of rotatable bonds is 3. The fourth-order valence-corrected chi connectivity index (χ4v) is 1.95. The van der Waals surface area contributed by atoms with Crippen LogP contribution in [0.2, 0.25) is 0 Å². The number of imide groups is 1. The number of carbonyl (C=O) groups is 2. The zero-order chi connectivity index (χ0) is 15.3. The summed E-state index contributed by atoms with van der Waals surface area (Å²) in [7, 11) is 1.38. The van der Waals surface area contributed by atoms with Gasteiger partial charge in [0.15, 0.2) is 11.5 Å². The molecule has 0 saturated heterocycles. The van der Waals surface area contributed by atoms with Gasteiger partial charge in [-0.05, 0) is 46.4 Å². The molecule has 0 radical (unpaired) electrons. The highest BCUT2D eigenvalue weighted by Crippen LogP contribution is 2.33. The molecule has 7 nitrogen and oxygen atoms in total. The molecule has 3 amide bonds. The quantitative estimate of drug-likeness (QED) is 0.407. The van der Waals surface area contributed by atoms with Crippen LogP contribution in [0, 0.1) is 14.9 Å². The van der Waals surface area contributed by atoms with Crippen LogP contribution in [0.4, 0.5) is 4.79 Å². The van der Waals surface area contributed by atoms with Gasteiger partial charge in [0, 0.05) is 0 Å². The van der Waals surface area contributed by atoms with Crippen LogP contribution in [-0.4, -0.2) is 24.2 Å². The van der Waals surface area contributed by atoms with Gasteiger partial charge in [-0.1, -0.05) is 0 Å². The third-order valence-electron chi connectivity index (χ3n) is 2.18. The van der Waals surface area contributed by atoms with Crippen molar-refractivity contribution >= 4 is 40.6 Å². The van der Waals surface area contributed by atoms with Gasteiger partial charge in [0.25, 0.3) is 5.91 Å². The van der Waals surface area contributed by atoms with Crippen LogP contribution < -0.4 is 15.8 Å². The van der Waals surface area contributed by atoms with E-state index in [9.17, 15) is 14.7 Å². The van der Waals surface area contributed by atoms with Crippen molar-refractivity contribution in [2.75, 3.05) is 7.11 Å². The average molecular weight is 387 g/mol. The van der Waals surface area contributed by atoms with E-state index in [0.717, 1.165) is 0 Å². The second-order valence-electron chi connectivity index (χ2n) is 3.54. The number of carbonyl (C=O) groups excluding carboxylic acids is 2. The molecule has 4 N–H and O–H groups in total. The summed E-state index contributed by atoms with van der Waals surface area (Å²) < 4.78 is 5.45. The second-order valence-corrected chi connectivity index (χ2v) is 4.70. The smallest absolute Gasteiger partial charge is 0.319 e. The maximum atomic E-state index is 11.5. The molecule has 0 aliphatic heterocycles. The number of amides is 3. The number of hydrogen-bond acceptors (Lipinski definition) is 5. The highest BCUT2D eigenvalue weighted by atomic mass is 127. The third-order valence-corrected chi connectivity index (χ3v) is 3.01. The molecular formula is C12H10IN3O4. The number of nitrogens with one attached hydrogen (secondary N) is 1. The van der Waals surface area contributed by atoms with E-state index >= 15 is 0 Å². The largest absolute Gasteiger partial charge is 0.504 e. The van der Waals surface area contributed by atoms with Gasteiger partial charge in [0.1, 0.15) is 11.6 Å². The first-order chi connectivity index (χ1) is 9.38. The van der Waals surface area contributed by atoms with Crippen LogP contribution in [0.1, 0.15) is 5.56 Å². The van der Waals surface area contributed by atoms with E-state index in [1.807, 2.05) is 22.6 Å². The lowest BCUT2D eigenvalue weighted by Gasteiger charge is -2.07. The topological polar surface area (TPSA) is 125 Å². The summed E-state index contributed by atoms with van der Waals surface area (Å²) in [4.78, 5) is 22.1. The van der Waals surface area contributed by atoms with Gasteiger partial charge in [-0.25, -0.2) is 4.79 Å². The summed E-state index contributed by atoms with van der Waals surface area (Å²) in [5, 5.41) is 20.4. The van der Waals surface area contributed by atoms with Crippen molar-refractivity contribution in [2.24, 2.45) is 5.73 Å². The highest BCUT2D eigenvalue weighted by molar-refractivity contribution is 14.1. The molecular weight excluding hydrogens is 377 g/mol. The van der Waals surface area contributed by atoms with Gasteiger partial charge < -0.3 is 15.6 Å². The Hall–Kier alpha value is -2.28. The standard InChI is InChI=1S/C12H10IN3O4/c1-20-9-4-6(3-8(13)10(9)17)2-7(5-14)11(18)16-12(15)19/h2-4,17H,1H3,(H3,15,16,18,19)/b7-2-. The van der Waals surface area contributed by atoms with Gasteiger partial charge in [-0.2, -0.15) is 5.26 Å². The van der Waals surface area contributed by atoms with E-state index in [-0.39, 0.29) is 17.1 Å². The number of phenolic OH excluding ortho intramolecular Hbond substituents is 1. The number of ether oxygens (including phenoxy) is 1. The van der Waals surface area contributed by atoms with Gasteiger partial charge in [0.05, 0.1) is 10.7 Å². The summed E-state index contributed by atoms with van der Waals surface area (Å²) in [6.45, 7) is 0. The van der Waals surface area contributed by atoms with E-state index in [1.54, 1.807) is 17.5 Å². The summed E-state index contributed by atoms with van der Waals surface area (Å²) in [5.74, 6) is -0.733. The van der Waals surface area contributed by atoms with E-state index in [4.69, 9.17) is 15.7 Å². The monoisotopic (exact) mass is 387 g/mol. The lowest BCUT2D eigenvalue weighted by molar-refractivity contribution is -0.115. The molecule has 1 rings (SSSR count). The molecule has 0 aliphatic rings. The molecule has 104 valence electrons. The molecule has 0 spiro atoms. The molecule has 20 heavy (non-hydrogen) atoms. The third kappa shape index (κ3) is 3.86. The van der Waals surface area contributed by atoms with Gasteiger partial charge in [-0.3, -0.25) is 10.1 Å². The number of nitrogens with zero attached hydrogens (tertiary/aromatic N) is 1. The minimum absolute atomic E-state index is 0.0367. The Balaban J connectivity index is 3.20. The summed E-state index contributed by atoms with van der Waals surface area (Å²) in [6, 6.07) is 3.62. The van der Waals surface area contributed by atoms with E-state index in [1.165, 1.54) is 19.3 Å². The molecule has 8 heteroatoms. The van der Waals surface area contributed by atoms with Crippen molar-refractivity contribution in [3.63, 3.8) is 0 Å². The van der Waals surface area contributed by atoms with Gasteiger partial charge in [0.2, 0.25) is 0 Å². The zero-order valence-electron chi connectivity index (χ0n) is 10.3. The summed E-state index contributed by atoms with van der Waals surface area (Å²) in [5.41, 5.74) is 4.97. The number of nitriles is 1. The summed E-state index contributed by atoms with van der Waals surface area (Å²) in [6.07, 6.45) is 1.25. The number of halogens is 1. The van der Waals surface area contributed by atoms with Crippen LogP contribution in [0.5, 0.6) is 11.5 Å². The maximum absolute atomic E-state index is 11.5. The van der Waals surface area contributed by atoms with Crippen LogP contribution in [0.3, 0.4) is 0 Å². The number of benzene rings is 1. The highest BCUT2D eigenvalue weighted by Gasteiger charge is 2.13. The van der Waals surface area contributed by atoms with Crippen LogP contribution in [0.25, 0.3) is 6.08 Å². The molecule has 0 heterocycles. The Morgan fingerprint density at radius 3 is 2.70 bits per heavy atom. The van der Waals surface area contributed by atoms with Gasteiger partial charge >= 0.3 is 6.03 Å². The average Bonchev–Trinajstić information content (AvgIpc) is 2.38. The number of nitrogens with two attached hydrogens (primary N) is 1. The number of methoxy groups -OCH3 is 1. The number of urea groups is 1. The minimum Gasteiger partial charge on any atom is -0.504 e. The molecule has 0 fully saturated rings. The number of phenols is 1. The van der Waals surface area contributed by atoms with Crippen LogP contribution in [-0.2, 0) is 4.79 Å². The van der Waals surface area contributed by atoms with Gasteiger partial charge in [-0.15, -0.1) is 0 Å². The Morgan fingerprint density at radius 1 is 1.55 bits per heavy atom. The SMILES string of the molecule is COc1cc(/C=C(/C#N)C(=O)NC(N)=O)cc(I)c1O. The summed E-state index contributed by atoms with van der Waals surface area (Å²) >= 11 is 1.88. The molecule has 0 atom stereocenters. The van der Waals surface area contributed by atoms with Crippen LogP contribution >= 0.6 is 22.6 Å². The molecule has 1 aromatic carbocycles. The molecule has 0 bridgehead atoms. The van der Waals surface area contributed by atoms with Crippen molar-refractivity contribution < 1.29 is 19.4 Å². The van der Waals surface area contributed by atoms with E-state index < -0.39 is 11.9 Å². The minimum atomic E-state index is -1.05. The first-order valence-corrected chi connectivity index (χ1v) is 6.26. The first kappa shape index (κ1) is 15.8. The number of hydrogen-bond donors (Lipinski definition) is 3. The molecule has 0 unspecified atom stereocenters. The van der Waals surface area contributed by atoms with Crippen molar-refractivity contribution in [2.45, 2.75) is 0 Å². The molecule has 0 aromatic heterocycles. The number of aromatic hydroxyl groups is 1. The molecule has 0 saturated carbocycles. The Morgan fingerprint density at radius 2 is 2.20 bits per heavy atom. The second kappa shape index (κ2) is 6.76. The Bertz CT molecular complexity index is 634. The predicted octanol–water partition coefficient (Wildman–Crippen LogP) is 1.11. The first-order valence-electron chi connectivity index (χ1n) is 5.18. The maximum Gasteiger partial charge on any atom is 0.319 e. The predicted molar refractivity (Wildman–Crippen MR) is 78.7 cm³/mol. The van der Waals surface area contributed by atoms with Crippen molar-refractivity contribution in [1.29, 1.82) is 5.26 Å². The van der Waals surface area contributed by atoms with Crippen molar-refractivity contribution in [3.8, 4) is 17.6 Å². The normalized spacial score (nSPS) is 10.6. The molecule has 0 aliphatic carbocycles. The lowest BCUT2D eigenvalue weighted by Crippen LogP contribution is -2.35.